The smallest absolute Gasteiger partial charge is 0.256 e. The first kappa shape index (κ1) is 14.9. The molecule has 0 spiro atoms. The molecule has 2 heterocycles. The lowest BCUT2D eigenvalue weighted by atomic mass is 10.1. The van der Waals surface area contributed by atoms with Crippen LogP contribution in [0.2, 0.25) is 0 Å². The average molecular weight is 296 g/mol. The van der Waals surface area contributed by atoms with Crippen molar-refractivity contribution in [1.29, 1.82) is 0 Å². The van der Waals surface area contributed by atoms with E-state index >= 15 is 0 Å². The highest BCUT2D eigenvalue weighted by Gasteiger charge is 2.26. The van der Waals surface area contributed by atoms with Crippen LogP contribution in [0.4, 0.5) is 0 Å². The molecule has 22 heavy (non-hydrogen) atoms. The standard InChI is InChI=1S/C19H24N2O/c1-14(2)10-11-17-18(19(22)21-12-6-7-13-21)15-8-4-5-9-16(15)20(17)3/h4-5,8-10H,6-7,11-13H2,1-3H3. The quantitative estimate of drug-likeness (QED) is 0.788. The number of likely N-dealkylation sites (tertiary alicyclic amines) is 1. The normalized spacial score (nSPS) is 14.6. The van der Waals surface area contributed by atoms with E-state index in [0.717, 1.165) is 54.5 Å². The maximum absolute atomic E-state index is 13.0. The van der Waals surface area contributed by atoms with Gasteiger partial charge in [-0.25, -0.2) is 0 Å². The van der Waals surface area contributed by atoms with Crippen LogP contribution in [0.5, 0.6) is 0 Å². The molecule has 3 rings (SSSR count). The number of hydrogen-bond donors (Lipinski definition) is 0. The summed E-state index contributed by atoms with van der Waals surface area (Å²) in [5.74, 6) is 0.200. The molecule has 0 aliphatic carbocycles. The highest BCUT2D eigenvalue weighted by molar-refractivity contribution is 6.08. The minimum atomic E-state index is 0.200. The Balaban J connectivity index is 2.14. The van der Waals surface area contributed by atoms with Crippen molar-refractivity contribution in [2.75, 3.05) is 13.1 Å². The van der Waals surface area contributed by atoms with E-state index < -0.39 is 0 Å². The summed E-state index contributed by atoms with van der Waals surface area (Å²) in [5.41, 5.74) is 4.45. The minimum Gasteiger partial charge on any atom is -0.347 e. The molecule has 1 aromatic carbocycles. The average Bonchev–Trinajstić information content (AvgIpc) is 3.12. The molecule has 3 nitrogen and oxygen atoms in total. The van der Waals surface area contributed by atoms with Crippen molar-refractivity contribution in [3.8, 4) is 0 Å². The number of hydrogen-bond acceptors (Lipinski definition) is 1. The van der Waals surface area contributed by atoms with Crippen molar-refractivity contribution in [3.63, 3.8) is 0 Å². The van der Waals surface area contributed by atoms with Gasteiger partial charge in [-0.15, -0.1) is 0 Å². The van der Waals surface area contributed by atoms with Gasteiger partial charge in [0.05, 0.1) is 5.56 Å². The third-order valence-electron chi connectivity index (χ3n) is 4.54. The van der Waals surface area contributed by atoms with Gasteiger partial charge >= 0.3 is 0 Å². The van der Waals surface area contributed by atoms with E-state index in [4.69, 9.17) is 0 Å². The molecular formula is C19H24N2O. The van der Waals surface area contributed by atoms with Crippen LogP contribution in [0.25, 0.3) is 10.9 Å². The van der Waals surface area contributed by atoms with E-state index in [1.54, 1.807) is 0 Å². The maximum Gasteiger partial charge on any atom is 0.256 e. The van der Waals surface area contributed by atoms with Gasteiger partial charge < -0.3 is 9.47 Å². The molecule has 2 aromatic rings. The molecular weight excluding hydrogens is 272 g/mol. The molecule has 1 aliphatic rings. The van der Waals surface area contributed by atoms with E-state index in [1.807, 2.05) is 17.0 Å². The van der Waals surface area contributed by atoms with Crippen LogP contribution < -0.4 is 0 Å². The Labute approximate surface area is 132 Å². The number of benzene rings is 1. The van der Waals surface area contributed by atoms with Gasteiger partial charge in [-0.05, 0) is 32.8 Å². The number of carbonyl (C=O) groups excluding carboxylic acids is 1. The van der Waals surface area contributed by atoms with Crippen LogP contribution in [0.3, 0.4) is 0 Å². The first-order chi connectivity index (χ1) is 10.6. The minimum absolute atomic E-state index is 0.200. The summed E-state index contributed by atoms with van der Waals surface area (Å²) in [4.78, 5) is 15.0. The van der Waals surface area contributed by atoms with Crippen LogP contribution in [0.1, 0.15) is 42.7 Å². The van der Waals surface area contributed by atoms with E-state index in [-0.39, 0.29) is 5.91 Å². The molecule has 1 aromatic heterocycles. The van der Waals surface area contributed by atoms with Crippen molar-refractivity contribution < 1.29 is 4.79 Å². The fourth-order valence-electron chi connectivity index (χ4n) is 3.30. The van der Waals surface area contributed by atoms with E-state index in [0.29, 0.717) is 0 Å². The van der Waals surface area contributed by atoms with Crippen LogP contribution in [-0.4, -0.2) is 28.5 Å². The summed E-state index contributed by atoms with van der Waals surface area (Å²) < 4.78 is 2.18. The largest absolute Gasteiger partial charge is 0.347 e. The zero-order valence-electron chi connectivity index (χ0n) is 13.7. The van der Waals surface area contributed by atoms with Gasteiger partial charge in [0.2, 0.25) is 0 Å². The molecule has 0 saturated carbocycles. The lowest BCUT2D eigenvalue weighted by Gasteiger charge is -2.16. The Hall–Kier alpha value is -2.03. The molecule has 1 aliphatic heterocycles. The van der Waals surface area contributed by atoms with Gasteiger partial charge in [0, 0.05) is 43.2 Å². The first-order valence-electron chi connectivity index (χ1n) is 8.08. The first-order valence-corrected chi connectivity index (χ1v) is 8.08. The van der Waals surface area contributed by atoms with E-state index in [9.17, 15) is 4.79 Å². The molecule has 1 amide bonds. The number of aromatic nitrogens is 1. The molecule has 0 N–H and O–H groups in total. The lowest BCUT2D eigenvalue weighted by molar-refractivity contribution is 0.0793. The van der Waals surface area contributed by atoms with Crippen LogP contribution in [0, 0.1) is 0 Å². The topological polar surface area (TPSA) is 25.2 Å². The zero-order chi connectivity index (χ0) is 15.7. The molecule has 1 fully saturated rings. The molecule has 0 unspecified atom stereocenters. The Morgan fingerprint density at radius 2 is 1.86 bits per heavy atom. The molecule has 1 saturated heterocycles. The van der Waals surface area contributed by atoms with Crippen LogP contribution in [-0.2, 0) is 13.5 Å². The van der Waals surface area contributed by atoms with Gasteiger partial charge in [-0.2, -0.15) is 0 Å². The van der Waals surface area contributed by atoms with Crippen molar-refractivity contribution in [2.45, 2.75) is 33.1 Å². The van der Waals surface area contributed by atoms with Crippen molar-refractivity contribution in [3.05, 3.63) is 47.2 Å². The number of nitrogens with zero attached hydrogens (tertiary/aromatic N) is 2. The summed E-state index contributed by atoms with van der Waals surface area (Å²) in [6.07, 6.45) is 5.26. The Morgan fingerprint density at radius 3 is 2.55 bits per heavy atom. The zero-order valence-corrected chi connectivity index (χ0v) is 13.7. The van der Waals surface area contributed by atoms with Gasteiger partial charge in [0.15, 0.2) is 0 Å². The fourth-order valence-corrected chi connectivity index (χ4v) is 3.30. The summed E-state index contributed by atoms with van der Waals surface area (Å²) in [5, 5.41) is 1.08. The van der Waals surface area contributed by atoms with Gasteiger partial charge in [-0.1, -0.05) is 29.8 Å². The number of fused-ring (bicyclic) bond motifs is 1. The summed E-state index contributed by atoms with van der Waals surface area (Å²) in [7, 11) is 2.07. The summed E-state index contributed by atoms with van der Waals surface area (Å²) >= 11 is 0. The second kappa shape index (κ2) is 5.99. The highest BCUT2D eigenvalue weighted by atomic mass is 16.2. The van der Waals surface area contributed by atoms with E-state index in [2.05, 4.69) is 43.7 Å². The molecule has 0 atom stereocenters. The second-order valence-corrected chi connectivity index (χ2v) is 6.38. The number of para-hydroxylation sites is 1. The number of carbonyl (C=O) groups is 1. The number of amides is 1. The maximum atomic E-state index is 13.0. The Morgan fingerprint density at radius 1 is 1.18 bits per heavy atom. The highest BCUT2D eigenvalue weighted by Crippen LogP contribution is 2.28. The van der Waals surface area contributed by atoms with Gasteiger partial charge in [0.1, 0.15) is 0 Å². The molecule has 116 valence electrons. The van der Waals surface area contributed by atoms with E-state index in [1.165, 1.54) is 5.57 Å². The summed E-state index contributed by atoms with van der Waals surface area (Å²) in [6.45, 7) is 5.99. The number of rotatable bonds is 3. The SMILES string of the molecule is CC(C)=CCc1c(C(=O)N2CCCC2)c2ccccc2n1C. The predicted molar refractivity (Wildman–Crippen MR) is 91.2 cm³/mol. The van der Waals surface area contributed by atoms with Gasteiger partial charge in [-0.3, -0.25) is 4.79 Å². The van der Waals surface area contributed by atoms with Crippen LogP contribution in [0.15, 0.2) is 35.9 Å². The Kier molecular flexibility index (Phi) is 4.06. The summed E-state index contributed by atoms with van der Waals surface area (Å²) in [6, 6.07) is 8.23. The fraction of sp³-hybridized carbons (Fsp3) is 0.421. The second-order valence-electron chi connectivity index (χ2n) is 6.38. The van der Waals surface area contributed by atoms with Crippen molar-refractivity contribution >= 4 is 16.8 Å². The monoisotopic (exact) mass is 296 g/mol. The predicted octanol–water partition coefficient (Wildman–Crippen LogP) is 3.92. The van der Waals surface area contributed by atoms with Crippen LogP contribution >= 0.6 is 0 Å². The Bertz CT molecular complexity index is 729. The number of allylic oxidation sites excluding steroid dienone is 2. The molecule has 0 radical (unpaired) electrons. The number of aryl methyl sites for hydroxylation is 1. The van der Waals surface area contributed by atoms with Crippen molar-refractivity contribution in [1.82, 2.24) is 9.47 Å². The molecule has 0 bridgehead atoms. The van der Waals surface area contributed by atoms with Crippen molar-refractivity contribution in [2.24, 2.45) is 7.05 Å². The third-order valence-corrected chi connectivity index (χ3v) is 4.54. The van der Waals surface area contributed by atoms with Gasteiger partial charge in [0.25, 0.3) is 5.91 Å². The molecule has 3 heteroatoms. The third kappa shape index (κ3) is 2.56. The lowest BCUT2D eigenvalue weighted by Crippen LogP contribution is -2.28.